The number of nitrogens with one attached hydrogen (secondary N) is 2. The standard InChI is InChI=1S/C9H13N3O2/c1-2-3-5-10-8(13)7-4-6-11-12-9(7)14/h4,6H,2-3,5H2,1H3,(H,10,13)(H,12,14). The molecular formula is C9H13N3O2. The average molecular weight is 195 g/mol. The monoisotopic (exact) mass is 195 g/mol. The molecule has 5 heteroatoms. The van der Waals surface area contributed by atoms with E-state index in [0.717, 1.165) is 12.8 Å². The van der Waals surface area contributed by atoms with Crippen LogP contribution in [0.25, 0.3) is 0 Å². The van der Waals surface area contributed by atoms with Crippen LogP contribution >= 0.6 is 0 Å². The molecule has 0 unspecified atom stereocenters. The average Bonchev–Trinajstić information content (AvgIpc) is 2.18. The summed E-state index contributed by atoms with van der Waals surface area (Å²) in [6, 6.07) is 1.40. The van der Waals surface area contributed by atoms with Crippen molar-refractivity contribution in [2.75, 3.05) is 6.54 Å². The predicted octanol–water partition coefficient (Wildman–Crippen LogP) is 0.300. The van der Waals surface area contributed by atoms with Crippen LogP contribution in [0.3, 0.4) is 0 Å². The quantitative estimate of drug-likeness (QED) is 0.678. The Labute approximate surface area is 81.5 Å². The number of rotatable bonds is 4. The van der Waals surface area contributed by atoms with Gasteiger partial charge in [-0.05, 0) is 12.5 Å². The first-order chi connectivity index (χ1) is 6.75. The first-order valence-electron chi connectivity index (χ1n) is 4.57. The zero-order valence-corrected chi connectivity index (χ0v) is 8.04. The molecule has 0 aliphatic carbocycles. The van der Waals surface area contributed by atoms with Gasteiger partial charge in [0, 0.05) is 12.7 Å². The van der Waals surface area contributed by atoms with E-state index in [1.807, 2.05) is 6.92 Å². The fourth-order valence-corrected chi connectivity index (χ4v) is 0.996. The van der Waals surface area contributed by atoms with Crippen molar-refractivity contribution >= 4 is 5.91 Å². The molecule has 0 bridgehead atoms. The number of carbonyl (C=O) groups excluding carboxylic acids is 1. The molecule has 0 saturated carbocycles. The third-order valence-corrected chi connectivity index (χ3v) is 1.79. The third-order valence-electron chi connectivity index (χ3n) is 1.79. The van der Waals surface area contributed by atoms with Gasteiger partial charge in [0.05, 0.1) is 0 Å². The van der Waals surface area contributed by atoms with Crippen molar-refractivity contribution in [3.63, 3.8) is 0 Å². The number of nitrogens with zero attached hydrogens (tertiary/aromatic N) is 1. The summed E-state index contributed by atoms with van der Waals surface area (Å²) in [5.41, 5.74) is -0.349. The zero-order valence-electron chi connectivity index (χ0n) is 8.04. The highest BCUT2D eigenvalue weighted by molar-refractivity contribution is 5.93. The zero-order chi connectivity index (χ0) is 10.4. The molecule has 0 saturated heterocycles. The summed E-state index contributed by atoms with van der Waals surface area (Å²) in [6.45, 7) is 2.63. The summed E-state index contributed by atoms with van der Waals surface area (Å²) >= 11 is 0. The van der Waals surface area contributed by atoms with Gasteiger partial charge in [-0.1, -0.05) is 13.3 Å². The largest absolute Gasteiger partial charge is 0.352 e. The molecule has 0 fully saturated rings. The number of H-pyrrole nitrogens is 1. The predicted molar refractivity (Wildman–Crippen MR) is 52.1 cm³/mol. The van der Waals surface area contributed by atoms with Gasteiger partial charge in [-0.2, -0.15) is 5.10 Å². The first-order valence-corrected chi connectivity index (χ1v) is 4.57. The molecule has 0 aliphatic heterocycles. The Hall–Kier alpha value is -1.65. The number of unbranched alkanes of at least 4 members (excludes halogenated alkanes) is 1. The van der Waals surface area contributed by atoms with E-state index in [-0.39, 0.29) is 11.5 Å². The number of aromatic amines is 1. The number of aromatic nitrogens is 2. The first kappa shape index (κ1) is 10.4. The molecule has 14 heavy (non-hydrogen) atoms. The van der Waals surface area contributed by atoms with Gasteiger partial charge in [-0.25, -0.2) is 5.10 Å². The summed E-state index contributed by atoms with van der Waals surface area (Å²) < 4.78 is 0. The highest BCUT2D eigenvalue weighted by Crippen LogP contribution is 1.89. The van der Waals surface area contributed by atoms with Gasteiger partial charge in [0.15, 0.2) is 0 Å². The molecule has 1 rings (SSSR count). The van der Waals surface area contributed by atoms with Gasteiger partial charge < -0.3 is 5.32 Å². The number of hydrogen-bond donors (Lipinski definition) is 2. The minimum Gasteiger partial charge on any atom is -0.352 e. The molecule has 0 aromatic carbocycles. The van der Waals surface area contributed by atoms with Crippen molar-refractivity contribution < 1.29 is 4.79 Å². The lowest BCUT2D eigenvalue weighted by molar-refractivity contribution is 0.0951. The molecule has 1 amide bonds. The van der Waals surface area contributed by atoms with E-state index in [2.05, 4.69) is 15.5 Å². The van der Waals surface area contributed by atoms with E-state index in [1.54, 1.807) is 0 Å². The molecule has 1 heterocycles. The van der Waals surface area contributed by atoms with Gasteiger partial charge in [-0.3, -0.25) is 9.59 Å². The fourth-order valence-electron chi connectivity index (χ4n) is 0.996. The molecule has 2 N–H and O–H groups in total. The molecule has 76 valence electrons. The Balaban J connectivity index is 2.61. The van der Waals surface area contributed by atoms with Crippen LogP contribution < -0.4 is 10.9 Å². The van der Waals surface area contributed by atoms with Gasteiger partial charge in [0.25, 0.3) is 11.5 Å². The maximum atomic E-state index is 11.4. The Kier molecular flexibility index (Phi) is 3.84. The number of amides is 1. The summed E-state index contributed by atoms with van der Waals surface area (Å²) in [4.78, 5) is 22.5. The normalized spacial score (nSPS) is 9.79. The second kappa shape index (κ2) is 5.16. The Bertz CT molecular complexity index is 359. The fraction of sp³-hybridized carbons (Fsp3) is 0.444. The summed E-state index contributed by atoms with van der Waals surface area (Å²) in [5.74, 6) is -0.345. The molecule has 0 atom stereocenters. The van der Waals surface area contributed by atoms with Crippen molar-refractivity contribution in [1.82, 2.24) is 15.5 Å². The molecule has 1 aromatic rings. The maximum absolute atomic E-state index is 11.4. The molecular weight excluding hydrogens is 182 g/mol. The SMILES string of the molecule is CCCCNC(=O)c1ccn[nH]c1=O. The minimum absolute atomic E-state index is 0.108. The second-order valence-corrected chi connectivity index (χ2v) is 2.91. The van der Waals surface area contributed by atoms with Crippen LogP contribution in [0.5, 0.6) is 0 Å². The van der Waals surface area contributed by atoms with E-state index < -0.39 is 5.56 Å². The third kappa shape index (κ3) is 2.69. The van der Waals surface area contributed by atoms with Gasteiger partial charge >= 0.3 is 0 Å². The van der Waals surface area contributed by atoms with Gasteiger partial charge in [-0.15, -0.1) is 0 Å². The smallest absolute Gasteiger partial charge is 0.277 e. The van der Waals surface area contributed by atoms with Crippen molar-refractivity contribution in [2.24, 2.45) is 0 Å². The Morgan fingerprint density at radius 1 is 1.64 bits per heavy atom. The van der Waals surface area contributed by atoms with Crippen LogP contribution in [0.15, 0.2) is 17.1 Å². The van der Waals surface area contributed by atoms with Crippen LogP contribution in [-0.2, 0) is 0 Å². The van der Waals surface area contributed by atoms with E-state index in [4.69, 9.17) is 0 Å². The Morgan fingerprint density at radius 3 is 3.07 bits per heavy atom. The molecule has 5 nitrogen and oxygen atoms in total. The van der Waals surface area contributed by atoms with E-state index in [9.17, 15) is 9.59 Å². The van der Waals surface area contributed by atoms with Crippen LogP contribution in [0.2, 0.25) is 0 Å². The van der Waals surface area contributed by atoms with E-state index in [1.165, 1.54) is 12.3 Å². The summed E-state index contributed by atoms with van der Waals surface area (Å²) in [6.07, 6.45) is 3.30. The molecule has 0 spiro atoms. The number of hydrogen-bond acceptors (Lipinski definition) is 3. The highest BCUT2D eigenvalue weighted by Gasteiger charge is 2.08. The van der Waals surface area contributed by atoms with E-state index in [0.29, 0.717) is 6.54 Å². The van der Waals surface area contributed by atoms with Crippen molar-refractivity contribution in [3.05, 3.63) is 28.2 Å². The summed E-state index contributed by atoms with van der Waals surface area (Å²) in [7, 11) is 0. The van der Waals surface area contributed by atoms with E-state index >= 15 is 0 Å². The lowest BCUT2D eigenvalue weighted by atomic mass is 10.2. The highest BCUT2D eigenvalue weighted by atomic mass is 16.2. The van der Waals surface area contributed by atoms with Crippen LogP contribution in [0.1, 0.15) is 30.1 Å². The van der Waals surface area contributed by atoms with Gasteiger partial charge in [0.1, 0.15) is 5.56 Å². The van der Waals surface area contributed by atoms with Gasteiger partial charge in [0.2, 0.25) is 0 Å². The van der Waals surface area contributed by atoms with Crippen molar-refractivity contribution in [2.45, 2.75) is 19.8 Å². The number of carbonyl (C=O) groups is 1. The van der Waals surface area contributed by atoms with Crippen LogP contribution in [0, 0.1) is 0 Å². The van der Waals surface area contributed by atoms with Crippen LogP contribution in [0.4, 0.5) is 0 Å². The minimum atomic E-state index is -0.457. The lowest BCUT2D eigenvalue weighted by Crippen LogP contribution is -2.30. The van der Waals surface area contributed by atoms with Crippen molar-refractivity contribution in [1.29, 1.82) is 0 Å². The summed E-state index contributed by atoms with van der Waals surface area (Å²) in [5, 5.41) is 8.37. The topological polar surface area (TPSA) is 74.8 Å². The Morgan fingerprint density at radius 2 is 2.43 bits per heavy atom. The second-order valence-electron chi connectivity index (χ2n) is 2.91. The molecule has 1 aromatic heterocycles. The molecule has 0 radical (unpaired) electrons. The van der Waals surface area contributed by atoms with Crippen LogP contribution in [-0.4, -0.2) is 22.6 Å². The van der Waals surface area contributed by atoms with Crippen molar-refractivity contribution in [3.8, 4) is 0 Å². The maximum Gasteiger partial charge on any atom is 0.277 e. The molecule has 0 aliphatic rings. The lowest BCUT2D eigenvalue weighted by Gasteiger charge is -2.02.